The fourth-order valence-corrected chi connectivity index (χ4v) is 2.82. The summed E-state index contributed by atoms with van der Waals surface area (Å²) in [6.45, 7) is 2.99. The molecule has 1 fully saturated rings. The summed E-state index contributed by atoms with van der Waals surface area (Å²) in [5.74, 6) is -0.664. The highest BCUT2D eigenvalue weighted by Crippen LogP contribution is 2.21. The topological polar surface area (TPSA) is 77.0 Å². The van der Waals surface area contributed by atoms with Gasteiger partial charge in [-0.15, -0.1) is 5.10 Å². The lowest BCUT2D eigenvalue weighted by molar-refractivity contribution is 0.0708. The van der Waals surface area contributed by atoms with Crippen molar-refractivity contribution in [2.45, 2.75) is 25.8 Å². The van der Waals surface area contributed by atoms with Crippen LogP contribution in [0.3, 0.4) is 0 Å². The van der Waals surface area contributed by atoms with Crippen LogP contribution in [0.4, 0.5) is 4.39 Å². The Morgan fingerprint density at radius 3 is 2.74 bits per heavy atom. The van der Waals surface area contributed by atoms with Gasteiger partial charge in [-0.3, -0.25) is 4.79 Å². The zero-order valence-electron chi connectivity index (χ0n) is 12.7. The molecule has 1 saturated heterocycles. The number of nitrogens with zero attached hydrogens (tertiary/aromatic N) is 4. The van der Waals surface area contributed by atoms with Crippen LogP contribution in [0.15, 0.2) is 18.2 Å². The Morgan fingerprint density at radius 1 is 1.39 bits per heavy atom. The first-order valence-corrected chi connectivity index (χ1v) is 7.77. The third-order valence-corrected chi connectivity index (χ3v) is 4.36. The van der Waals surface area contributed by atoms with E-state index < -0.39 is 5.82 Å². The molecule has 2 aromatic rings. The monoisotopic (exact) mass is 337 g/mol. The Bertz CT molecular complexity index is 739. The average molecular weight is 338 g/mol. The van der Waals surface area contributed by atoms with E-state index in [9.17, 15) is 9.18 Å². The van der Waals surface area contributed by atoms with Crippen LogP contribution in [0.5, 0.6) is 0 Å². The molecule has 23 heavy (non-hydrogen) atoms. The van der Waals surface area contributed by atoms with Gasteiger partial charge in [0.25, 0.3) is 5.91 Å². The summed E-state index contributed by atoms with van der Waals surface area (Å²) in [5, 5.41) is 7.99. The number of hydrogen-bond donors (Lipinski definition) is 1. The second-order valence-corrected chi connectivity index (χ2v) is 6.07. The first kappa shape index (κ1) is 15.9. The van der Waals surface area contributed by atoms with Gasteiger partial charge in [0.1, 0.15) is 5.82 Å². The fraction of sp³-hybridized carbons (Fsp3) is 0.400. The molecule has 1 aliphatic heterocycles. The van der Waals surface area contributed by atoms with Crippen LogP contribution in [0.2, 0.25) is 5.02 Å². The number of piperidine rings is 1. The van der Waals surface area contributed by atoms with Crippen LogP contribution in [-0.2, 0) is 0 Å². The normalized spacial score (nSPS) is 15.9. The number of carbonyl (C=O) groups excluding carboxylic acids is 1. The summed E-state index contributed by atoms with van der Waals surface area (Å²) in [5.41, 5.74) is 7.30. The molecule has 0 unspecified atom stereocenters. The van der Waals surface area contributed by atoms with Crippen molar-refractivity contribution < 1.29 is 9.18 Å². The Morgan fingerprint density at radius 2 is 2.09 bits per heavy atom. The second kappa shape index (κ2) is 6.25. The molecule has 1 amide bonds. The van der Waals surface area contributed by atoms with Crippen LogP contribution < -0.4 is 5.73 Å². The number of carbonyl (C=O) groups is 1. The van der Waals surface area contributed by atoms with Gasteiger partial charge < -0.3 is 10.6 Å². The molecule has 8 heteroatoms. The number of nitrogens with two attached hydrogens (primary N) is 1. The molecule has 1 aromatic heterocycles. The summed E-state index contributed by atoms with van der Waals surface area (Å²) in [7, 11) is 0. The van der Waals surface area contributed by atoms with Crippen molar-refractivity contribution in [2.24, 2.45) is 5.73 Å². The number of likely N-dealkylation sites (tertiary alicyclic amines) is 1. The SMILES string of the molecule is Cc1c(C(=O)N2CCC(N)CC2)nnn1-c1ccc(F)c(Cl)c1. The molecule has 0 atom stereocenters. The Kier molecular flexibility index (Phi) is 4.32. The molecule has 2 N–H and O–H groups in total. The number of benzene rings is 1. The van der Waals surface area contributed by atoms with Gasteiger partial charge in [0, 0.05) is 19.1 Å². The molecular formula is C15H17ClFN5O. The first-order chi connectivity index (χ1) is 11.0. The van der Waals surface area contributed by atoms with Gasteiger partial charge in [-0.05, 0) is 38.0 Å². The lowest BCUT2D eigenvalue weighted by atomic mass is 10.1. The van der Waals surface area contributed by atoms with E-state index in [0.29, 0.717) is 30.2 Å². The molecule has 0 aliphatic carbocycles. The summed E-state index contributed by atoms with van der Waals surface area (Å²) in [6, 6.07) is 4.40. The zero-order chi connectivity index (χ0) is 16.6. The number of aromatic nitrogens is 3. The minimum atomic E-state index is -0.505. The fourth-order valence-electron chi connectivity index (χ4n) is 2.64. The van der Waals surface area contributed by atoms with Crippen molar-refractivity contribution in [1.29, 1.82) is 0 Å². The van der Waals surface area contributed by atoms with Crippen molar-refractivity contribution in [3.8, 4) is 5.69 Å². The third-order valence-electron chi connectivity index (χ3n) is 4.07. The van der Waals surface area contributed by atoms with Crippen LogP contribution in [0, 0.1) is 12.7 Å². The van der Waals surface area contributed by atoms with E-state index in [4.69, 9.17) is 17.3 Å². The maximum Gasteiger partial charge on any atom is 0.276 e. The molecule has 6 nitrogen and oxygen atoms in total. The van der Waals surface area contributed by atoms with Gasteiger partial charge in [0.2, 0.25) is 0 Å². The molecule has 1 aromatic carbocycles. The van der Waals surface area contributed by atoms with Crippen LogP contribution in [0.25, 0.3) is 5.69 Å². The van der Waals surface area contributed by atoms with Gasteiger partial charge in [-0.1, -0.05) is 16.8 Å². The predicted octanol–water partition coefficient (Wildman–Crippen LogP) is 1.93. The standard InChI is InChI=1S/C15H17ClFN5O/c1-9-14(15(23)21-6-4-10(18)5-7-21)19-20-22(9)11-2-3-13(17)12(16)8-11/h2-3,8,10H,4-7,18H2,1H3. The molecule has 3 rings (SSSR count). The van der Waals surface area contributed by atoms with Crippen LogP contribution in [-0.4, -0.2) is 44.9 Å². The highest BCUT2D eigenvalue weighted by atomic mass is 35.5. The summed E-state index contributed by atoms with van der Waals surface area (Å²) in [4.78, 5) is 14.3. The maximum absolute atomic E-state index is 13.3. The van der Waals surface area contributed by atoms with Crippen LogP contribution in [0.1, 0.15) is 29.0 Å². The lowest BCUT2D eigenvalue weighted by Gasteiger charge is -2.29. The van der Waals surface area contributed by atoms with E-state index in [1.54, 1.807) is 11.8 Å². The third kappa shape index (κ3) is 3.07. The largest absolute Gasteiger partial charge is 0.337 e. The first-order valence-electron chi connectivity index (χ1n) is 7.40. The van der Waals surface area contributed by atoms with Gasteiger partial charge >= 0.3 is 0 Å². The molecule has 122 valence electrons. The molecule has 2 heterocycles. The number of amides is 1. The van der Waals surface area contributed by atoms with Gasteiger partial charge in [0.05, 0.1) is 16.4 Å². The van der Waals surface area contributed by atoms with Crippen molar-refractivity contribution in [2.75, 3.05) is 13.1 Å². The van der Waals surface area contributed by atoms with Gasteiger partial charge in [-0.2, -0.15) is 0 Å². The zero-order valence-corrected chi connectivity index (χ0v) is 13.4. The van der Waals surface area contributed by atoms with Crippen molar-refractivity contribution in [3.63, 3.8) is 0 Å². The highest BCUT2D eigenvalue weighted by molar-refractivity contribution is 6.30. The smallest absolute Gasteiger partial charge is 0.276 e. The molecule has 0 radical (unpaired) electrons. The molecule has 0 saturated carbocycles. The molecular weight excluding hydrogens is 321 g/mol. The minimum Gasteiger partial charge on any atom is -0.337 e. The number of halogens is 2. The minimum absolute atomic E-state index is 0.00436. The van der Waals surface area contributed by atoms with Gasteiger partial charge in [0.15, 0.2) is 5.69 Å². The van der Waals surface area contributed by atoms with E-state index >= 15 is 0 Å². The van der Waals surface area contributed by atoms with Crippen molar-refractivity contribution >= 4 is 17.5 Å². The Balaban J connectivity index is 1.87. The average Bonchev–Trinajstić information content (AvgIpc) is 2.92. The Labute approximate surface area is 138 Å². The quantitative estimate of drug-likeness (QED) is 0.908. The van der Waals surface area contributed by atoms with Crippen molar-refractivity contribution in [3.05, 3.63) is 40.4 Å². The lowest BCUT2D eigenvalue weighted by Crippen LogP contribution is -2.43. The van der Waals surface area contributed by atoms with E-state index in [1.165, 1.54) is 22.9 Å². The molecule has 0 spiro atoms. The van der Waals surface area contributed by atoms with Crippen molar-refractivity contribution in [1.82, 2.24) is 19.9 Å². The van der Waals surface area contributed by atoms with Crippen LogP contribution >= 0.6 is 11.6 Å². The van der Waals surface area contributed by atoms with E-state index in [-0.39, 0.29) is 17.0 Å². The highest BCUT2D eigenvalue weighted by Gasteiger charge is 2.26. The van der Waals surface area contributed by atoms with E-state index in [1.807, 2.05) is 0 Å². The van der Waals surface area contributed by atoms with E-state index in [0.717, 1.165) is 12.8 Å². The molecule has 0 bridgehead atoms. The summed E-state index contributed by atoms with van der Waals surface area (Å²) < 4.78 is 14.8. The predicted molar refractivity (Wildman–Crippen MR) is 84.2 cm³/mol. The van der Waals surface area contributed by atoms with E-state index in [2.05, 4.69) is 10.3 Å². The summed E-state index contributed by atoms with van der Waals surface area (Å²) >= 11 is 5.80. The maximum atomic E-state index is 13.3. The number of rotatable bonds is 2. The molecule has 1 aliphatic rings. The Hall–Kier alpha value is -1.99. The summed E-state index contributed by atoms with van der Waals surface area (Å²) in [6.07, 6.45) is 1.57. The second-order valence-electron chi connectivity index (χ2n) is 5.66. The van der Waals surface area contributed by atoms with Gasteiger partial charge in [-0.25, -0.2) is 9.07 Å². The number of hydrogen-bond acceptors (Lipinski definition) is 4.